The van der Waals surface area contributed by atoms with E-state index in [0.29, 0.717) is 0 Å². The molecule has 1 aromatic heterocycles. The molecular formula is C10H8Cl2N4O2S. The zero-order valence-electron chi connectivity index (χ0n) is 9.34. The Hall–Kier alpha value is -1.57. The van der Waals surface area contributed by atoms with E-state index in [2.05, 4.69) is 14.7 Å². The van der Waals surface area contributed by atoms with Gasteiger partial charge in [-0.25, -0.2) is 23.1 Å². The van der Waals surface area contributed by atoms with Gasteiger partial charge in [-0.05, 0) is 18.2 Å². The van der Waals surface area contributed by atoms with Gasteiger partial charge in [-0.2, -0.15) is 0 Å². The highest BCUT2D eigenvalue weighted by molar-refractivity contribution is 7.92. The quantitative estimate of drug-likeness (QED) is 0.845. The van der Waals surface area contributed by atoms with Gasteiger partial charge in [0.05, 0.1) is 15.7 Å². The highest BCUT2D eigenvalue weighted by atomic mass is 35.5. The van der Waals surface area contributed by atoms with Crippen molar-refractivity contribution >= 4 is 44.9 Å². The summed E-state index contributed by atoms with van der Waals surface area (Å²) in [5.41, 5.74) is 5.59. The monoisotopic (exact) mass is 318 g/mol. The third-order valence-electron chi connectivity index (χ3n) is 2.17. The van der Waals surface area contributed by atoms with Crippen LogP contribution in [-0.4, -0.2) is 18.4 Å². The molecule has 9 heteroatoms. The molecule has 0 atom stereocenters. The number of benzene rings is 1. The highest BCUT2D eigenvalue weighted by Gasteiger charge is 2.21. The number of aromatic nitrogens is 2. The number of sulfonamides is 1. The lowest BCUT2D eigenvalue weighted by Crippen LogP contribution is -2.15. The number of anilines is 2. The van der Waals surface area contributed by atoms with Crippen LogP contribution in [0, 0.1) is 0 Å². The van der Waals surface area contributed by atoms with E-state index in [4.69, 9.17) is 28.9 Å². The molecule has 3 N–H and O–H groups in total. The van der Waals surface area contributed by atoms with Gasteiger partial charge in [0.25, 0.3) is 10.0 Å². The normalized spacial score (nSPS) is 11.3. The third-order valence-corrected chi connectivity index (χ3v) is 4.39. The third kappa shape index (κ3) is 2.89. The van der Waals surface area contributed by atoms with E-state index in [-0.39, 0.29) is 26.6 Å². The van der Waals surface area contributed by atoms with E-state index in [0.717, 1.165) is 0 Å². The summed E-state index contributed by atoms with van der Waals surface area (Å²) in [5.74, 6) is -0.0629. The zero-order chi connectivity index (χ0) is 14.0. The molecule has 6 nitrogen and oxygen atoms in total. The molecule has 0 saturated carbocycles. The molecule has 0 bridgehead atoms. The van der Waals surface area contributed by atoms with Crippen molar-refractivity contribution in [3.8, 4) is 0 Å². The smallest absolute Gasteiger partial charge is 0.265 e. The molecule has 0 aliphatic carbocycles. The van der Waals surface area contributed by atoms with Crippen molar-refractivity contribution in [3.63, 3.8) is 0 Å². The minimum Gasteiger partial charge on any atom is -0.396 e. The van der Waals surface area contributed by atoms with Crippen LogP contribution in [0.3, 0.4) is 0 Å². The standard InChI is InChI=1S/C10H8Cl2N4O2S/c11-6-2-3-7(8(12)9(6)13)19(17,18)16-10-14-4-1-5-15-10/h1-5H,13H2,(H,14,15,16). The summed E-state index contributed by atoms with van der Waals surface area (Å²) in [6.45, 7) is 0. The van der Waals surface area contributed by atoms with Crippen LogP contribution >= 0.6 is 23.2 Å². The van der Waals surface area contributed by atoms with Crippen LogP contribution in [0.15, 0.2) is 35.5 Å². The minimum atomic E-state index is -3.93. The minimum absolute atomic E-state index is 0.000174. The summed E-state index contributed by atoms with van der Waals surface area (Å²) in [4.78, 5) is 7.32. The number of nitrogen functional groups attached to an aromatic ring is 1. The Morgan fingerprint density at radius 3 is 2.42 bits per heavy atom. The number of nitrogens with two attached hydrogens (primary N) is 1. The molecule has 0 aliphatic heterocycles. The van der Waals surface area contributed by atoms with Gasteiger partial charge in [-0.3, -0.25) is 0 Å². The molecule has 2 rings (SSSR count). The SMILES string of the molecule is Nc1c(Cl)ccc(S(=O)(=O)Nc2ncccn2)c1Cl. The number of halogens is 2. The van der Waals surface area contributed by atoms with E-state index in [9.17, 15) is 8.42 Å². The zero-order valence-corrected chi connectivity index (χ0v) is 11.7. The van der Waals surface area contributed by atoms with Gasteiger partial charge in [-0.1, -0.05) is 23.2 Å². The fourth-order valence-electron chi connectivity index (χ4n) is 1.28. The number of nitrogens with zero attached hydrogens (tertiary/aromatic N) is 2. The first-order chi connectivity index (χ1) is 8.92. The van der Waals surface area contributed by atoms with Gasteiger partial charge in [0.15, 0.2) is 0 Å². The summed E-state index contributed by atoms with van der Waals surface area (Å²) in [7, 11) is -3.93. The second kappa shape index (κ2) is 5.20. The number of rotatable bonds is 3. The number of hydrogen-bond acceptors (Lipinski definition) is 5. The lowest BCUT2D eigenvalue weighted by atomic mass is 10.3. The molecule has 0 fully saturated rings. The van der Waals surface area contributed by atoms with Gasteiger partial charge >= 0.3 is 0 Å². The summed E-state index contributed by atoms with van der Waals surface area (Å²) in [5, 5.41) is 0.0378. The van der Waals surface area contributed by atoms with Gasteiger partial charge in [0.1, 0.15) is 4.90 Å². The average molecular weight is 319 g/mol. The topological polar surface area (TPSA) is 98.0 Å². The largest absolute Gasteiger partial charge is 0.396 e. The fraction of sp³-hybridized carbons (Fsp3) is 0. The summed E-state index contributed by atoms with van der Waals surface area (Å²) >= 11 is 11.6. The maximum absolute atomic E-state index is 12.1. The van der Waals surface area contributed by atoms with Crippen LogP contribution in [0.25, 0.3) is 0 Å². The Morgan fingerprint density at radius 2 is 1.79 bits per heavy atom. The first-order valence-corrected chi connectivity index (χ1v) is 7.19. The highest BCUT2D eigenvalue weighted by Crippen LogP contribution is 2.33. The Morgan fingerprint density at radius 1 is 1.16 bits per heavy atom. The number of hydrogen-bond donors (Lipinski definition) is 2. The average Bonchev–Trinajstić information content (AvgIpc) is 2.36. The molecule has 0 saturated heterocycles. The Labute approximate surface area is 119 Å². The van der Waals surface area contributed by atoms with Gasteiger partial charge in [0.2, 0.25) is 5.95 Å². The molecule has 1 aromatic carbocycles. The lowest BCUT2D eigenvalue weighted by Gasteiger charge is -2.10. The molecular weight excluding hydrogens is 311 g/mol. The van der Waals surface area contributed by atoms with Crippen molar-refractivity contribution in [1.29, 1.82) is 0 Å². The molecule has 0 radical (unpaired) electrons. The fourth-order valence-corrected chi connectivity index (χ4v) is 3.01. The predicted octanol–water partition coefficient (Wildman–Crippen LogP) is 2.17. The summed E-state index contributed by atoms with van der Waals surface area (Å²) < 4.78 is 26.4. The van der Waals surface area contributed by atoms with Crippen LogP contribution in [0.5, 0.6) is 0 Å². The van der Waals surface area contributed by atoms with Gasteiger partial charge in [0, 0.05) is 12.4 Å². The summed E-state index contributed by atoms with van der Waals surface area (Å²) in [6, 6.07) is 4.17. The number of nitrogens with one attached hydrogen (secondary N) is 1. The summed E-state index contributed by atoms with van der Waals surface area (Å²) in [6.07, 6.45) is 2.81. The van der Waals surface area contributed by atoms with Crippen molar-refractivity contribution in [2.24, 2.45) is 0 Å². The molecule has 2 aromatic rings. The van der Waals surface area contributed by atoms with Gasteiger partial charge in [-0.15, -0.1) is 0 Å². The molecule has 0 aliphatic rings. The van der Waals surface area contributed by atoms with Crippen LogP contribution < -0.4 is 10.5 Å². The van der Waals surface area contributed by atoms with Crippen LogP contribution in [0.4, 0.5) is 11.6 Å². The Balaban J connectivity index is 2.44. The van der Waals surface area contributed by atoms with Crippen molar-refractivity contribution < 1.29 is 8.42 Å². The molecule has 19 heavy (non-hydrogen) atoms. The van der Waals surface area contributed by atoms with Crippen LogP contribution in [0.1, 0.15) is 0 Å². The Bertz CT molecular complexity index is 707. The van der Waals surface area contributed by atoms with E-state index < -0.39 is 10.0 Å². The lowest BCUT2D eigenvalue weighted by molar-refractivity contribution is 0.601. The maximum Gasteiger partial charge on any atom is 0.265 e. The van der Waals surface area contributed by atoms with Crippen molar-refractivity contribution in [2.45, 2.75) is 4.90 Å². The second-order valence-electron chi connectivity index (χ2n) is 3.45. The van der Waals surface area contributed by atoms with E-state index in [1.54, 1.807) is 6.07 Å². The van der Waals surface area contributed by atoms with Gasteiger partial charge < -0.3 is 5.73 Å². The molecule has 0 spiro atoms. The Kier molecular flexibility index (Phi) is 3.79. The van der Waals surface area contributed by atoms with E-state index in [1.165, 1.54) is 24.5 Å². The molecule has 1 heterocycles. The van der Waals surface area contributed by atoms with Crippen LogP contribution in [-0.2, 0) is 10.0 Å². The first kappa shape index (κ1) is 13.9. The van der Waals surface area contributed by atoms with E-state index in [1.807, 2.05) is 0 Å². The van der Waals surface area contributed by atoms with E-state index >= 15 is 0 Å². The predicted molar refractivity (Wildman–Crippen MR) is 73.7 cm³/mol. The van der Waals surface area contributed by atoms with Crippen molar-refractivity contribution in [3.05, 3.63) is 40.6 Å². The van der Waals surface area contributed by atoms with Crippen molar-refractivity contribution in [1.82, 2.24) is 9.97 Å². The second-order valence-corrected chi connectivity index (χ2v) is 5.89. The maximum atomic E-state index is 12.1. The molecule has 0 amide bonds. The molecule has 100 valence electrons. The first-order valence-electron chi connectivity index (χ1n) is 4.95. The molecule has 0 unspecified atom stereocenters. The van der Waals surface area contributed by atoms with Crippen LogP contribution in [0.2, 0.25) is 10.0 Å². The van der Waals surface area contributed by atoms with Crippen molar-refractivity contribution in [2.75, 3.05) is 10.5 Å².